The minimum atomic E-state index is -0.961. The van der Waals surface area contributed by atoms with Crippen LogP contribution in [-0.4, -0.2) is 44.9 Å². The first-order valence-electron chi connectivity index (χ1n) is 5.38. The van der Waals surface area contributed by atoms with Gasteiger partial charge in [-0.2, -0.15) is 0 Å². The Morgan fingerprint density at radius 3 is 2.71 bits per heavy atom. The molecule has 1 aliphatic rings. The van der Waals surface area contributed by atoms with Crippen LogP contribution in [0, 0.1) is 6.92 Å². The fraction of sp³-hybridized carbons (Fsp3) is 0.455. The van der Waals surface area contributed by atoms with E-state index in [1.54, 1.807) is 19.2 Å². The summed E-state index contributed by atoms with van der Waals surface area (Å²) in [6.45, 7) is 2.96. The van der Waals surface area contributed by atoms with Gasteiger partial charge in [-0.25, -0.2) is 9.78 Å². The maximum Gasteiger partial charge on any atom is 0.339 e. The lowest BCUT2D eigenvalue weighted by Gasteiger charge is -2.28. The Morgan fingerprint density at radius 1 is 1.47 bits per heavy atom. The van der Waals surface area contributed by atoms with Crippen LogP contribution >= 0.6 is 0 Å². The van der Waals surface area contributed by atoms with E-state index in [0.717, 1.165) is 0 Å². The maximum atomic E-state index is 11.3. The van der Waals surface area contributed by atoms with E-state index in [2.05, 4.69) is 4.98 Å². The zero-order valence-corrected chi connectivity index (χ0v) is 10.4. The van der Waals surface area contributed by atoms with Crippen molar-refractivity contribution in [3.8, 4) is 0 Å². The monoisotopic (exact) mass is 254 g/mol. The van der Waals surface area contributed by atoms with Crippen molar-refractivity contribution in [2.45, 2.75) is 6.92 Å². The van der Waals surface area contributed by atoms with Crippen molar-refractivity contribution in [3.05, 3.63) is 23.4 Å². The van der Waals surface area contributed by atoms with Gasteiger partial charge in [0.2, 0.25) is 0 Å². The molecule has 0 atom stereocenters. The molecule has 1 aliphatic heterocycles. The largest absolute Gasteiger partial charge is 0.478 e. The number of hydrogen-bond donors (Lipinski definition) is 1. The summed E-state index contributed by atoms with van der Waals surface area (Å²) in [5.41, 5.74) is 0.953. The van der Waals surface area contributed by atoms with Crippen molar-refractivity contribution < 1.29 is 14.1 Å². The van der Waals surface area contributed by atoms with Crippen LogP contribution in [-0.2, 0) is 10.8 Å². The first kappa shape index (κ1) is 12.0. The molecule has 0 saturated carbocycles. The molecule has 1 N–H and O–H groups in total. The lowest BCUT2D eigenvalue weighted by Crippen LogP contribution is -2.39. The molecule has 1 aromatic rings. The quantitative estimate of drug-likeness (QED) is 0.839. The van der Waals surface area contributed by atoms with Crippen molar-refractivity contribution in [3.63, 3.8) is 0 Å². The summed E-state index contributed by atoms with van der Waals surface area (Å²) in [7, 11) is -0.774. The van der Waals surface area contributed by atoms with Gasteiger partial charge < -0.3 is 10.0 Å². The van der Waals surface area contributed by atoms with Crippen molar-refractivity contribution >= 4 is 22.6 Å². The third kappa shape index (κ3) is 2.46. The van der Waals surface area contributed by atoms with Gasteiger partial charge >= 0.3 is 5.97 Å². The molecule has 0 spiro atoms. The molecular weight excluding hydrogens is 240 g/mol. The third-order valence-electron chi connectivity index (χ3n) is 2.83. The molecule has 1 saturated heterocycles. The summed E-state index contributed by atoms with van der Waals surface area (Å²) < 4.78 is 11.3. The average molecular weight is 254 g/mol. The van der Waals surface area contributed by atoms with Gasteiger partial charge in [0, 0.05) is 41.6 Å². The molecule has 0 aliphatic carbocycles. The number of hydrogen-bond acceptors (Lipinski definition) is 4. The van der Waals surface area contributed by atoms with E-state index in [0.29, 0.717) is 36.0 Å². The van der Waals surface area contributed by atoms with Gasteiger partial charge in [-0.1, -0.05) is 0 Å². The van der Waals surface area contributed by atoms with Crippen LogP contribution in [0.4, 0.5) is 5.82 Å². The minimum Gasteiger partial charge on any atom is -0.478 e. The molecule has 1 fully saturated rings. The topological polar surface area (TPSA) is 70.5 Å². The molecule has 0 aromatic carbocycles. The zero-order valence-electron chi connectivity index (χ0n) is 9.55. The standard InChI is InChI=1S/C11H14N2O3S/c1-8-2-3-12-10(9(8)11(14)15)13-4-6-17(16)7-5-13/h2-3H,4-7H2,1H3,(H,14,15). The Labute approximate surface area is 102 Å². The number of carboxylic acids is 1. The van der Waals surface area contributed by atoms with Gasteiger partial charge in [-0.3, -0.25) is 4.21 Å². The van der Waals surface area contributed by atoms with Gasteiger partial charge in [0.15, 0.2) is 0 Å². The Kier molecular flexibility index (Phi) is 3.42. The second-order valence-electron chi connectivity index (χ2n) is 3.97. The van der Waals surface area contributed by atoms with Gasteiger partial charge in [0.1, 0.15) is 11.4 Å². The molecule has 5 nitrogen and oxygen atoms in total. The molecule has 92 valence electrons. The Balaban J connectivity index is 2.35. The number of aromatic nitrogens is 1. The summed E-state index contributed by atoms with van der Waals surface area (Å²) in [4.78, 5) is 17.3. The van der Waals surface area contributed by atoms with E-state index in [1.807, 2.05) is 4.90 Å². The number of carbonyl (C=O) groups is 1. The molecule has 6 heteroatoms. The van der Waals surface area contributed by atoms with Crippen molar-refractivity contribution in [2.24, 2.45) is 0 Å². The highest BCUT2D eigenvalue weighted by Crippen LogP contribution is 2.22. The van der Waals surface area contributed by atoms with Crippen LogP contribution in [0.3, 0.4) is 0 Å². The van der Waals surface area contributed by atoms with Gasteiger partial charge in [-0.15, -0.1) is 0 Å². The second kappa shape index (κ2) is 4.83. The lowest BCUT2D eigenvalue weighted by molar-refractivity contribution is 0.0696. The molecule has 0 unspecified atom stereocenters. The second-order valence-corrected chi connectivity index (χ2v) is 5.66. The predicted octanol–water partition coefficient (Wildman–Crippen LogP) is 0.657. The number of nitrogens with zero attached hydrogens (tertiary/aromatic N) is 2. The number of aryl methyl sites for hydroxylation is 1. The highest BCUT2D eigenvalue weighted by Gasteiger charge is 2.22. The van der Waals surface area contributed by atoms with E-state index in [9.17, 15) is 14.1 Å². The van der Waals surface area contributed by atoms with Crippen molar-refractivity contribution in [1.82, 2.24) is 4.98 Å². The summed E-state index contributed by atoms with van der Waals surface area (Å²) in [6, 6.07) is 1.69. The molecule has 2 heterocycles. The zero-order chi connectivity index (χ0) is 12.4. The maximum absolute atomic E-state index is 11.3. The minimum absolute atomic E-state index is 0.250. The number of anilines is 1. The highest BCUT2D eigenvalue weighted by molar-refractivity contribution is 7.85. The van der Waals surface area contributed by atoms with Crippen molar-refractivity contribution in [1.29, 1.82) is 0 Å². The fourth-order valence-corrected chi connectivity index (χ4v) is 2.95. The summed E-state index contributed by atoms with van der Waals surface area (Å²) in [5, 5.41) is 9.20. The SMILES string of the molecule is Cc1ccnc(N2CCS(=O)CC2)c1C(=O)O. The summed E-state index contributed by atoms with van der Waals surface area (Å²) in [5.74, 6) is 0.690. The van der Waals surface area contributed by atoms with E-state index in [-0.39, 0.29) is 5.56 Å². The van der Waals surface area contributed by atoms with Crippen LogP contribution in [0.2, 0.25) is 0 Å². The number of rotatable bonds is 2. The molecule has 2 rings (SSSR count). The molecule has 17 heavy (non-hydrogen) atoms. The van der Waals surface area contributed by atoms with Crippen LogP contribution in [0.1, 0.15) is 15.9 Å². The molecule has 1 aromatic heterocycles. The highest BCUT2D eigenvalue weighted by atomic mass is 32.2. The van der Waals surface area contributed by atoms with E-state index in [1.165, 1.54) is 0 Å². The predicted molar refractivity (Wildman–Crippen MR) is 66.0 cm³/mol. The van der Waals surface area contributed by atoms with Gasteiger partial charge in [-0.05, 0) is 18.6 Å². The normalized spacial score (nSPS) is 17.1. The molecular formula is C11H14N2O3S. The third-order valence-corrected chi connectivity index (χ3v) is 4.11. The van der Waals surface area contributed by atoms with E-state index < -0.39 is 16.8 Å². The number of aromatic carboxylic acids is 1. The Morgan fingerprint density at radius 2 is 2.12 bits per heavy atom. The van der Waals surface area contributed by atoms with Crippen LogP contribution < -0.4 is 4.90 Å². The number of carboxylic acid groups (broad SMARTS) is 1. The first-order chi connectivity index (χ1) is 8.09. The van der Waals surface area contributed by atoms with E-state index >= 15 is 0 Å². The smallest absolute Gasteiger partial charge is 0.339 e. The molecule has 0 bridgehead atoms. The van der Waals surface area contributed by atoms with E-state index in [4.69, 9.17) is 0 Å². The summed E-state index contributed by atoms with van der Waals surface area (Å²) in [6.07, 6.45) is 1.61. The average Bonchev–Trinajstić information content (AvgIpc) is 2.29. The fourth-order valence-electron chi connectivity index (χ4n) is 1.90. The number of pyridine rings is 1. The molecule has 0 amide bonds. The van der Waals surface area contributed by atoms with Crippen LogP contribution in [0.5, 0.6) is 0 Å². The first-order valence-corrected chi connectivity index (χ1v) is 6.87. The van der Waals surface area contributed by atoms with Crippen LogP contribution in [0.15, 0.2) is 12.3 Å². The molecule has 0 radical (unpaired) electrons. The Bertz CT molecular complexity index is 466. The van der Waals surface area contributed by atoms with Crippen molar-refractivity contribution in [2.75, 3.05) is 29.5 Å². The van der Waals surface area contributed by atoms with Gasteiger partial charge in [0.25, 0.3) is 0 Å². The lowest BCUT2D eigenvalue weighted by atomic mass is 10.1. The summed E-state index contributed by atoms with van der Waals surface area (Å²) >= 11 is 0. The Hall–Kier alpha value is -1.43. The van der Waals surface area contributed by atoms with Gasteiger partial charge in [0.05, 0.1) is 0 Å². The van der Waals surface area contributed by atoms with Crippen LogP contribution in [0.25, 0.3) is 0 Å².